The van der Waals surface area contributed by atoms with Crippen molar-refractivity contribution in [1.29, 1.82) is 0 Å². The molecule has 1 saturated heterocycles. The SMILES string of the molecule is CCOC(=O)c1c(C(OCOC)C2COC(C)(C)O2)ccn1CCc1ccc(OCOC)cc1. The minimum atomic E-state index is -0.731. The fourth-order valence-corrected chi connectivity index (χ4v) is 3.87. The van der Waals surface area contributed by atoms with Gasteiger partial charge in [0.15, 0.2) is 12.6 Å². The van der Waals surface area contributed by atoms with Crippen molar-refractivity contribution in [3.63, 3.8) is 0 Å². The fraction of sp³-hybridized carbons (Fsp3) is 0.560. The normalized spacial score (nSPS) is 18.1. The Morgan fingerprint density at radius 3 is 2.50 bits per heavy atom. The van der Waals surface area contributed by atoms with Gasteiger partial charge in [0.2, 0.25) is 0 Å². The zero-order chi connectivity index (χ0) is 24.6. The van der Waals surface area contributed by atoms with Crippen LogP contribution in [0, 0.1) is 0 Å². The van der Waals surface area contributed by atoms with E-state index in [1.165, 1.54) is 0 Å². The van der Waals surface area contributed by atoms with E-state index in [4.69, 9.17) is 33.2 Å². The van der Waals surface area contributed by atoms with Gasteiger partial charge in [0.05, 0.1) is 13.2 Å². The van der Waals surface area contributed by atoms with Crippen LogP contribution >= 0.6 is 0 Å². The summed E-state index contributed by atoms with van der Waals surface area (Å²) < 4.78 is 40.6. The Morgan fingerprint density at radius 2 is 1.88 bits per heavy atom. The van der Waals surface area contributed by atoms with Crippen molar-refractivity contribution in [2.24, 2.45) is 0 Å². The lowest BCUT2D eigenvalue weighted by Crippen LogP contribution is -2.29. The highest BCUT2D eigenvalue weighted by Crippen LogP contribution is 2.35. The number of rotatable bonds is 13. The summed E-state index contributed by atoms with van der Waals surface area (Å²) in [5, 5.41) is 0. The Hall–Kier alpha value is -2.43. The van der Waals surface area contributed by atoms with Crippen molar-refractivity contribution in [2.75, 3.05) is 41.0 Å². The minimum absolute atomic E-state index is 0.0515. The number of nitrogens with zero attached hydrogens (tertiary/aromatic N) is 1. The zero-order valence-electron chi connectivity index (χ0n) is 20.6. The summed E-state index contributed by atoms with van der Waals surface area (Å²) in [7, 11) is 3.13. The standard InChI is InChI=1S/C25H35NO8/c1-6-30-24(27)22-20(23(32-17-29-5)21-15-33-25(2,3)34-21)12-14-26(22)13-11-18-7-9-19(10-8-18)31-16-28-4/h7-10,12,14,21,23H,6,11,13,15-17H2,1-5H3. The molecule has 9 heteroatoms. The molecule has 9 nitrogen and oxygen atoms in total. The minimum Gasteiger partial charge on any atom is -0.468 e. The van der Waals surface area contributed by atoms with E-state index in [0.29, 0.717) is 30.8 Å². The largest absolute Gasteiger partial charge is 0.468 e. The molecular weight excluding hydrogens is 442 g/mol. The summed E-state index contributed by atoms with van der Waals surface area (Å²) in [6.07, 6.45) is 1.64. The van der Waals surface area contributed by atoms with E-state index in [9.17, 15) is 4.79 Å². The highest BCUT2D eigenvalue weighted by molar-refractivity contribution is 5.89. The Kier molecular flexibility index (Phi) is 9.49. The van der Waals surface area contributed by atoms with Crippen LogP contribution in [0.2, 0.25) is 0 Å². The van der Waals surface area contributed by atoms with Crippen LogP contribution in [0.1, 0.15) is 48.5 Å². The number of methoxy groups -OCH3 is 2. The highest BCUT2D eigenvalue weighted by Gasteiger charge is 2.41. The van der Waals surface area contributed by atoms with Gasteiger partial charge in [-0.05, 0) is 51.0 Å². The lowest BCUT2D eigenvalue weighted by molar-refractivity contribution is -0.170. The molecule has 34 heavy (non-hydrogen) atoms. The smallest absolute Gasteiger partial charge is 0.355 e. The maximum Gasteiger partial charge on any atom is 0.355 e. The van der Waals surface area contributed by atoms with E-state index < -0.39 is 24.0 Å². The first-order chi connectivity index (χ1) is 16.4. The summed E-state index contributed by atoms with van der Waals surface area (Å²) in [4.78, 5) is 13.0. The molecule has 0 N–H and O–H groups in total. The van der Waals surface area contributed by atoms with Crippen LogP contribution in [-0.4, -0.2) is 63.4 Å². The van der Waals surface area contributed by atoms with Gasteiger partial charge < -0.3 is 37.7 Å². The first-order valence-corrected chi connectivity index (χ1v) is 11.4. The van der Waals surface area contributed by atoms with Crippen LogP contribution in [0.3, 0.4) is 0 Å². The first-order valence-electron chi connectivity index (χ1n) is 11.4. The number of aromatic nitrogens is 1. The van der Waals surface area contributed by atoms with Gasteiger partial charge in [-0.25, -0.2) is 4.79 Å². The maximum absolute atomic E-state index is 13.0. The van der Waals surface area contributed by atoms with Crippen molar-refractivity contribution in [1.82, 2.24) is 4.57 Å². The molecule has 2 aromatic rings. The summed E-state index contributed by atoms with van der Waals surface area (Å²) in [6, 6.07) is 9.67. The van der Waals surface area contributed by atoms with Crippen LogP contribution in [-0.2, 0) is 41.4 Å². The molecule has 2 atom stereocenters. The molecule has 2 unspecified atom stereocenters. The summed E-state index contributed by atoms with van der Waals surface area (Å²) in [5.41, 5.74) is 2.23. The van der Waals surface area contributed by atoms with Crippen molar-refractivity contribution >= 4 is 5.97 Å². The molecule has 1 aromatic carbocycles. The summed E-state index contributed by atoms with van der Waals surface area (Å²) in [5.74, 6) is -0.401. The number of carbonyl (C=O) groups excluding carboxylic acids is 1. The molecule has 1 aliphatic heterocycles. The van der Waals surface area contributed by atoms with Gasteiger partial charge in [-0.1, -0.05) is 12.1 Å². The molecule has 0 amide bonds. The van der Waals surface area contributed by atoms with E-state index >= 15 is 0 Å². The maximum atomic E-state index is 13.0. The molecule has 1 aromatic heterocycles. The van der Waals surface area contributed by atoms with Crippen molar-refractivity contribution in [2.45, 2.75) is 51.7 Å². The third-order valence-electron chi connectivity index (χ3n) is 5.41. The second-order valence-electron chi connectivity index (χ2n) is 8.34. The molecule has 0 saturated carbocycles. The number of ether oxygens (including phenoxy) is 7. The van der Waals surface area contributed by atoms with Gasteiger partial charge in [0.25, 0.3) is 0 Å². The van der Waals surface area contributed by atoms with Crippen LogP contribution in [0.5, 0.6) is 5.75 Å². The highest BCUT2D eigenvalue weighted by atomic mass is 16.8. The van der Waals surface area contributed by atoms with Crippen molar-refractivity contribution in [3.8, 4) is 5.75 Å². The third kappa shape index (κ3) is 6.80. The van der Waals surface area contributed by atoms with Crippen LogP contribution < -0.4 is 4.74 Å². The van der Waals surface area contributed by atoms with E-state index in [1.54, 1.807) is 21.1 Å². The van der Waals surface area contributed by atoms with Crippen LogP contribution in [0.4, 0.5) is 0 Å². The van der Waals surface area contributed by atoms with Gasteiger partial charge in [0, 0.05) is 32.5 Å². The number of hydrogen-bond donors (Lipinski definition) is 0. The number of hydrogen-bond acceptors (Lipinski definition) is 8. The monoisotopic (exact) mass is 477 g/mol. The Bertz CT molecular complexity index is 908. The third-order valence-corrected chi connectivity index (χ3v) is 5.41. The van der Waals surface area contributed by atoms with Crippen molar-refractivity contribution < 1.29 is 38.0 Å². The average molecular weight is 478 g/mol. The molecule has 0 aliphatic carbocycles. The molecule has 188 valence electrons. The fourth-order valence-electron chi connectivity index (χ4n) is 3.87. The summed E-state index contributed by atoms with van der Waals surface area (Å²) >= 11 is 0. The number of esters is 1. The van der Waals surface area contributed by atoms with E-state index in [1.807, 2.05) is 54.9 Å². The Labute approximate surface area is 200 Å². The van der Waals surface area contributed by atoms with E-state index in [0.717, 1.165) is 11.3 Å². The first kappa shape index (κ1) is 26.2. The molecule has 0 spiro atoms. The van der Waals surface area contributed by atoms with Gasteiger partial charge in [-0.2, -0.15) is 0 Å². The molecule has 3 rings (SSSR count). The Balaban J connectivity index is 1.82. The zero-order valence-corrected chi connectivity index (χ0v) is 20.6. The molecule has 0 bridgehead atoms. The van der Waals surface area contributed by atoms with Gasteiger partial charge in [0.1, 0.15) is 30.4 Å². The van der Waals surface area contributed by atoms with Crippen molar-refractivity contribution in [3.05, 3.63) is 53.3 Å². The average Bonchev–Trinajstić information content (AvgIpc) is 3.40. The quantitative estimate of drug-likeness (QED) is 0.319. The number of benzene rings is 1. The van der Waals surface area contributed by atoms with E-state index in [2.05, 4.69) is 0 Å². The molecule has 2 heterocycles. The molecular formula is C25H35NO8. The second kappa shape index (κ2) is 12.3. The predicted octanol–water partition coefficient (Wildman–Crippen LogP) is 3.70. The van der Waals surface area contributed by atoms with Gasteiger partial charge >= 0.3 is 5.97 Å². The topological polar surface area (TPSA) is 86.6 Å². The van der Waals surface area contributed by atoms with E-state index in [-0.39, 0.29) is 20.2 Å². The second-order valence-corrected chi connectivity index (χ2v) is 8.34. The predicted molar refractivity (Wildman–Crippen MR) is 124 cm³/mol. The molecule has 1 aliphatic rings. The lowest BCUT2D eigenvalue weighted by atomic mass is 10.0. The molecule has 1 fully saturated rings. The summed E-state index contributed by atoms with van der Waals surface area (Å²) in [6.45, 7) is 6.93. The van der Waals surface area contributed by atoms with Gasteiger partial charge in [-0.3, -0.25) is 0 Å². The van der Waals surface area contributed by atoms with Crippen LogP contribution in [0.15, 0.2) is 36.5 Å². The van der Waals surface area contributed by atoms with Crippen LogP contribution in [0.25, 0.3) is 0 Å². The lowest BCUT2D eigenvalue weighted by Gasteiger charge is -2.25. The van der Waals surface area contributed by atoms with Gasteiger partial charge in [-0.15, -0.1) is 0 Å². The number of aryl methyl sites for hydroxylation is 2. The Morgan fingerprint density at radius 1 is 1.15 bits per heavy atom. The number of carbonyl (C=O) groups is 1. The molecule has 0 radical (unpaired) electrons.